The lowest BCUT2D eigenvalue weighted by atomic mass is 10.3. The predicted octanol–water partition coefficient (Wildman–Crippen LogP) is 2.61. The molecule has 0 aliphatic heterocycles. The maximum Gasteiger partial charge on any atom is 0.0479 e. The van der Waals surface area contributed by atoms with Gasteiger partial charge >= 0.3 is 0 Å². The lowest BCUT2D eigenvalue weighted by molar-refractivity contribution is 0.300. The molecule has 0 aromatic carbocycles. The van der Waals surface area contributed by atoms with Gasteiger partial charge in [0.05, 0.1) is 0 Å². The van der Waals surface area contributed by atoms with Gasteiger partial charge in [-0.1, -0.05) is 6.92 Å². The number of hydrogen-bond acceptors (Lipinski definition) is 2. The van der Waals surface area contributed by atoms with Gasteiger partial charge in [0.25, 0.3) is 0 Å². The Hall–Kier alpha value is 0.140. The maximum atomic E-state index is 8.68. The Bertz CT molecular complexity index is 232. The second kappa shape index (κ2) is 4.24. The zero-order chi connectivity index (χ0) is 8.27. The first-order chi connectivity index (χ1) is 5.27. The van der Waals surface area contributed by atoms with Crippen molar-refractivity contribution >= 4 is 27.3 Å². The van der Waals surface area contributed by atoms with E-state index in [1.807, 2.05) is 0 Å². The van der Waals surface area contributed by atoms with Gasteiger partial charge in [0.15, 0.2) is 0 Å². The van der Waals surface area contributed by atoms with E-state index >= 15 is 0 Å². The van der Waals surface area contributed by atoms with Crippen molar-refractivity contribution in [2.24, 2.45) is 0 Å². The molecule has 0 aliphatic carbocycles. The van der Waals surface area contributed by atoms with E-state index in [0.29, 0.717) is 0 Å². The number of rotatable bonds is 3. The summed E-state index contributed by atoms with van der Waals surface area (Å²) in [6.07, 6.45) is 1.85. The van der Waals surface area contributed by atoms with Gasteiger partial charge in [0.1, 0.15) is 0 Å². The lowest BCUT2D eigenvalue weighted by Gasteiger charge is -1.88. The van der Waals surface area contributed by atoms with Crippen molar-refractivity contribution in [2.75, 3.05) is 6.61 Å². The Morgan fingerprint density at radius 3 is 2.82 bits per heavy atom. The third-order valence-electron chi connectivity index (χ3n) is 1.49. The molecule has 0 aliphatic rings. The van der Waals surface area contributed by atoms with E-state index in [1.165, 1.54) is 14.2 Å². The van der Waals surface area contributed by atoms with Crippen LogP contribution in [0.4, 0.5) is 0 Å². The van der Waals surface area contributed by atoms with Crippen LogP contribution in [0.2, 0.25) is 0 Å². The molecule has 0 fully saturated rings. The molecule has 62 valence electrons. The molecule has 0 unspecified atom stereocenters. The number of thiophene rings is 1. The number of hydrogen-bond donors (Lipinski definition) is 1. The van der Waals surface area contributed by atoms with Crippen LogP contribution in [0.1, 0.15) is 16.7 Å². The fourth-order valence-electron chi connectivity index (χ4n) is 0.933. The van der Waals surface area contributed by atoms with Crippen molar-refractivity contribution in [3.8, 4) is 0 Å². The van der Waals surface area contributed by atoms with Crippen molar-refractivity contribution in [1.29, 1.82) is 0 Å². The first kappa shape index (κ1) is 9.23. The van der Waals surface area contributed by atoms with Crippen LogP contribution in [-0.4, -0.2) is 11.7 Å². The molecule has 1 aromatic heterocycles. The highest BCUT2D eigenvalue weighted by molar-refractivity contribution is 9.10. The van der Waals surface area contributed by atoms with Crippen LogP contribution in [0, 0.1) is 0 Å². The average Bonchev–Trinajstić information content (AvgIpc) is 2.32. The van der Waals surface area contributed by atoms with Crippen LogP contribution >= 0.6 is 27.3 Å². The standard InChI is InChI=1S/C8H11BrOS/c1-2-8-7(9)5-6(11-8)3-4-10/h5,10H,2-4H2,1H3. The van der Waals surface area contributed by atoms with Gasteiger partial charge < -0.3 is 5.11 Å². The Morgan fingerprint density at radius 1 is 1.64 bits per heavy atom. The third-order valence-corrected chi connectivity index (χ3v) is 3.80. The fraction of sp³-hybridized carbons (Fsp3) is 0.500. The number of aliphatic hydroxyl groups is 1. The molecule has 1 aromatic rings. The molecular formula is C8H11BrOS. The second-order valence-corrected chi connectivity index (χ2v) is 4.39. The summed E-state index contributed by atoms with van der Waals surface area (Å²) >= 11 is 5.25. The zero-order valence-corrected chi connectivity index (χ0v) is 8.83. The van der Waals surface area contributed by atoms with E-state index in [4.69, 9.17) is 5.11 Å². The van der Waals surface area contributed by atoms with Gasteiger partial charge in [0.2, 0.25) is 0 Å². The summed E-state index contributed by atoms with van der Waals surface area (Å²) in [5.41, 5.74) is 0. The smallest absolute Gasteiger partial charge is 0.0479 e. The largest absolute Gasteiger partial charge is 0.396 e. The summed E-state index contributed by atoms with van der Waals surface area (Å²) in [6, 6.07) is 2.10. The molecular weight excluding hydrogens is 224 g/mol. The zero-order valence-electron chi connectivity index (χ0n) is 6.43. The molecule has 0 saturated carbocycles. The number of aryl methyl sites for hydroxylation is 1. The summed E-state index contributed by atoms with van der Waals surface area (Å²) < 4.78 is 1.19. The molecule has 3 heteroatoms. The Balaban J connectivity index is 2.77. The van der Waals surface area contributed by atoms with E-state index in [0.717, 1.165) is 12.8 Å². The van der Waals surface area contributed by atoms with E-state index in [-0.39, 0.29) is 6.61 Å². The van der Waals surface area contributed by atoms with Gasteiger partial charge in [-0.05, 0) is 28.4 Å². The quantitative estimate of drug-likeness (QED) is 0.853. The van der Waals surface area contributed by atoms with Gasteiger partial charge in [-0.15, -0.1) is 11.3 Å². The molecule has 1 N–H and O–H groups in total. The molecule has 0 radical (unpaired) electrons. The maximum absolute atomic E-state index is 8.68. The molecule has 11 heavy (non-hydrogen) atoms. The van der Waals surface area contributed by atoms with E-state index < -0.39 is 0 Å². The van der Waals surface area contributed by atoms with Gasteiger partial charge in [0, 0.05) is 27.3 Å². The van der Waals surface area contributed by atoms with Crippen molar-refractivity contribution < 1.29 is 5.11 Å². The van der Waals surface area contributed by atoms with Crippen molar-refractivity contribution in [1.82, 2.24) is 0 Å². The van der Waals surface area contributed by atoms with Gasteiger partial charge in [-0.25, -0.2) is 0 Å². The summed E-state index contributed by atoms with van der Waals surface area (Å²) in [5, 5.41) is 8.68. The summed E-state index contributed by atoms with van der Waals surface area (Å²) in [5.74, 6) is 0. The molecule has 0 amide bonds. The second-order valence-electron chi connectivity index (χ2n) is 2.31. The number of aliphatic hydroxyl groups excluding tert-OH is 1. The molecule has 0 bridgehead atoms. The van der Waals surface area contributed by atoms with Gasteiger partial charge in [-0.2, -0.15) is 0 Å². The van der Waals surface area contributed by atoms with Crippen LogP contribution in [-0.2, 0) is 12.8 Å². The van der Waals surface area contributed by atoms with Crippen molar-refractivity contribution in [3.05, 3.63) is 20.3 Å². The first-order valence-electron chi connectivity index (χ1n) is 3.66. The van der Waals surface area contributed by atoms with E-state index in [1.54, 1.807) is 11.3 Å². The third kappa shape index (κ3) is 2.29. The molecule has 1 rings (SSSR count). The molecule has 0 saturated heterocycles. The van der Waals surface area contributed by atoms with Gasteiger partial charge in [-0.3, -0.25) is 0 Å². The lowest BCUT2D eigenvalue weighted by Crippen LogP contribution is -1.84. The molecule has 1 heterocycles. The van der Waals surface area contributed by atoms with Crippen LogP contribution in [0.25, 0.3) is 0 Å². The van der Waals surface area contributed by atoms with Crippen LogP contribution in [0.3, 0.4) is 0 Å². The molecule has 0 atom stereocenters. The Labute approximate surface area is 79.2 Å². The molecule has 1 nitrogen and oxygen atoms in total. The monoisotopic (exact) mass is 234 g/mol. The van der Waals surface area contributed by atoms with Crippen LogP contribution < -0.4 is 0 Å². The minimum Gasteiger partial charge on any atom is -0.396 e. The normalized spacial score (nSPS) is 10.5. The van der Waals surface area contributed by atoms with E-state index in [9.17, 15) is 0 Å². The highest BCUT2D eigenvalue weighted by atomic mass is 79.9. The average molecular weight is 235 g/mol. The molecule has 0 spiro atoms. The Morgan fingerprint density at radius 2 is 2.36 bits per heavy atom. The fourth-order valence-corrected chi connectivity index (χ4v) is 2.87. The van der Waals surface area contributed by atoms with Crippen molar-refractivity contribution in [3.63, 3.8) is 0 Å². The van der Waals surface area contributed by atoms with Crippen LogP contribution in [0.15, 0.2) is 10.5 Å². The SMILES string of the molecule is CCc1sc(CCO)cc1Br. The van der Waals surface area contributed by atoms with Crippen LogP contribution in [0.5, 0.6) is 0 Å². The van der Waals surface area contributed by atoms with E-state index in [2.05, 4.69) is 28.9 Å². The number of halogens is 1. The summed E-state index contributed by atoms with van der Waals surface area (Å²) in [6.45, 7) is 2.38. The highest BCUT2D eigenvalue weighted by Gasteiger charge is 2.03. The minimum absolute atomic E-state index is 0.246. The van der Waals surface area contributed by atoms with Crippen molar-refractivity contribution in [2.45, 2.75) is 19.8 Å². The topological polar surface area (TPSA) is 20.2 Å². The predicted molar refractivity (Wildman–Crippen MR) is 52.2 cm³/mol. The highest BCUT2D eigenvalue weighted by Crippen LogP contribution is 2.27. The summed E-state index contributed by atoms with van der Waals surface area (Å²) in [7, 11) is 0. The Kier molecular flexibility index (Phi) is 3.55. The minimum atomic E-state index is 0.246. The summed E-state index contributed by atoms with van der Waals surface area (Å²) in [4.78, 5) is 2.63. The first-order valence-corrected chi connectivity index (χ1v) is 5.26.